The fourth-order valence-corrected chi connectivity index (χ4v) is 1.11. The molecular weight excluding hydrogens is 169 g/mol. The van der Waals surface area contributed by atoms with E-state index in [-0.39, 0.29) is 5.82 Å². The first-order valence-corrected chi connectivity index (χ1v) is 3.94. The van der Waals surface area contributed by atoms with Gasteiger partial charge in [0, 0.05) is 12.5 Å². The van der Waals surface area contributed by atoms with E-state index in [0.717, 1.165) is 5.56 Å². The smallest absolute Gasteiger partial charge is 0.191 e. The van der Waals surface area contributed by atoms with Crippen molar-refractivity contribution < 1.29 is 8.81 Å². The number of oxazole rings is 1. The highest BCUT2D eigenvalue weighted by atomic mass is 19.1. The van der Waals surface area contributed by atoms with Gasteiger partial charge in [0.25, 0.3) is 0 Å². The van der Waals surface area contributed by atoms with Crippen molar-refractivity contribution in [3.05, 3.63) is 42.2 Å². The molecule has 2 aromatic rings. The molecule has 2 rings (SSSR count). The highest BCUT2D eigenvalue weighted by Crippen LogP contribution is 2.19. The number of hydrogen-bond donors (Lipinski definition) is 0. The number of rotatable bonds is 1. The summed E-state index contributed by atoms with van der Waals surface area (Å²) in [6.07, 6.45) is 1.63. The van der Waals surface area contributed by atoms with E-state index >= 15 is 0 Å². The normalized spacial score (nSPS) is 10.3. The second-order valence-corrected chi connectivity index (χ2v) is 2.75. The van der Waals surface area contributed by atoms with E-state index in [2.05, 4.69) is 4.98 Å². The zero-order valence-electron chi connectivity index (χ0n) is 7.12. The standard InChI is InChI=1S/C10H8FNO/c1-7-12-6-10(13-7)8-2-4-9(11)5-3-8/h2-6H,1H3. The van der Waals surface area contributed by atoms with Crippen molar-refractivity contribution in [1.82, 2.24) is 4.98 Å². The van der Waals surface area contributed by atoms with Gasteiger partial charge in [0.2, 0.25) is 0 Å². The molecule has 0 N–H and O–H groups in total. The van der Waals surface area contributed by atoms with Crippen LogP contribution in [0.1, 0.15) is 5.89 Å². The predicted molar refractivity (Wildman–Crippen MR) is 46.6 cm³/mol. The lowest BCUT2D eigenvalue weighted by Crippen LogP contribution is -1.75. The van der Waals surface area contributed by atoms with Gasteiger partial charge in [-0.25, -0.2) is 9.37 Å². The van der Waals surface area contributed by atoms with Gasteiger partial charge in [-0.15, -0.1) is 0 Å². The van der Waals surface area contributed by atoms with Crippen molar-refractivity contribution in [2.45, 2.75) is 6.92 Å². The monoisotopic (exact) mass is 177 g/mol. The first-order chi connectivity index (χ1) is 6.25. The maximum Gasteiger partial charge on any atom is 0.191 e. The number of nitrogens with zero attached hydrogens (tertiary/aromatic N) is 1. The Morgan fingerprint density at radius 2 is 1.92 bits per heavy atom. The highest BCUT2D eigenvalue weighted by Gasteiger charge is 2.02. The molecule has 0 aliphatic heterocycles. The average Bonchev–Trinajstić information content (AvgIpc) is 2.53. The summed E-state index contributed by atoms with van der Waals surface area (Å²) in [4.78, 5) is 3.96. The minimum atomic E-state index is -0.250. The van der Waals surface area contributed by atoms with E-state index in [0.29, 0.717) is 11.7 Å². The summed E-state index contributed by atoms with van der Waals surface area (Å²) in [5.41, 5.74) is 0.835. The van der Waals surface area contributed by atoms with Crippen molar-refractivity contribution in [2.75, 3.05) is 0 Å². The molecule has 1 aromatic heterocycles. The Kier molecular flexibility index (Phi) is 1.85. The summed E-state index contributed by atoms with van der Waals surface area (Å²) >= 11 is 0. The SMILES string of the molecule is Cc1ncc(-c2ccc(F)cc2)o1. The summed E-state index contributed by atoms with van der Waals surface area (Å²) < 4.78 is 17.8. The van der Waals surface area contributed by atoms with Crippen LogP contribution in [0.3, 0.4) is 0 Å². The summed E-state index contributed by atoms with van der Waals surface area (Å²) in [6.45, 7) is 1.77. The fourth-order valence-electron chi connectivity index (χ4n) is 1.11. The first-order valence-electron chi connectivity index (χ1n) is 3.94. The number of halogens is 1. The molecule has 0 unspecified atom stereocenters. The van der Waals surface area contributed by atoms with Crippen LogP contribution in [-0.4, -0.2) is 4.98 Å². The fraction of sp³-hybridized carbons (Fsp3) is 0.100. The van der Waals surface area contributed by atoms with Crippen molar-refractivity contribution >= 4 is 0 Å². The quantitative estimate of drug-likeness (QED) is 0.669. The van der Waals surface area contributed by atoms with Crippen LogP contribution in [0.4, 0.5) is 4.39 Å². The summed E-state index contributed by atoms with van der Waals surface area (Å²) in [6, 6.07) is 6.12. The largest absolute Gasteiger partial charge is 0.441 e. The second kappa shape index (κ2) is 3.01. The van der Waals surface area contributed by atoms with Gasteiger partial charge < -0.3 is 4.42 Å². The van der Waals surface area contributed by atoms with Crippen LogP contribution < -0.4 is 0 Å². The van der Waals surface area contributed by atoms with Gasteiger partial charge in [0.1, 0.15) is 5.82 Å². The zero-order chi connectivity index (χ0) is 9.26. The van der Waals surface area contributed by atoms with Crippen LogP contribution in [0.5, 0.6) is 0 Å². The van der Waals surface area contributed by atoms with E-state index < -0.39 is 0 Å². The molecule has 0 fully saturated rings. The second-order valence-electron chi connectivity index (χ2n) is 2.75. The molecule has 3 heteroatoms. The van der Waals surface area contributed by atoms with Gasteiger partial charge in [0.05, 0.1) is 6.20 Å². The third-order valence-corrected chi connectivity index (χ3v) is 1.75. The summed E-state index contributed by atoms with van der Waals surface area (Å²) in [5.74, 6) is 1.02. The zero-order valence-corrected chi connectivity index (χ0v) is 7.12. The molecule has 0 bridgehead atoms. The molecule has 1 aromatic carbocycles. The average molecular weight is 177 g/mol. The van der Waals surface area contributed by atoms with Gasteiger partial charge in [0.15, 0.2) is 11.7 Å². The number of aromatic nitrogens is 1. The van der Waals surface area contributed by atoms with Gasteiger partial charge in [-0.2, -0.15) is 0 Å². The Morgan fingerprint density at radius 3 is 2.46 bits per heavy atom. The van der Waals surface area contributed by atoms with Crippen LogP contribution >= 0.6 is 0 Å². The van der Waals surface area contributed by atoms with E-state index in [1.807, 2.05) is 0 Å². The Labute approximate surface area is 75.0 Å². The number of benzene rings is 1. The van der Waals surface area contributed by atoms with Crippen molar-refractivity contribution in [1.29, 1.82) is 0 Å². The molecule has 0 saturated carbocycles. The molecule has 0 aliphatic rings. The van der Waals surface area contributed by atoms with Gasteiger partial charge in [-0.3, -0.25) is 0 Å². The van der Waals surface area contributed by atoms with Crippen LogP contribution in [0, 0.1) is 12.7 Å². The third kappa shape index (κ3) is 1.59. The van der Waals surface area contributed by atoms with Crippen molar-refractivity contribution in [2.24, 2.45) is 0 Å². The Hall–Kier alpha value is -1.64. The molecule has 0 atom stereocenters. The van der Waals surface area contributed by atoms with Crippen molar-refractivity contribution in [3.8, 4) is 11.3 Å². The molecule has 1 heterocycles. The number of hydrogen-bond acceptors (Lipinski definition) is 2. The summed E-state index contributed by atoms with van der Waals surface area (Å²) in [7, 11) is 0. The minimum Gasteiger partial charge on any atom is -0.441 e. The van der Waals surface area contributed by atoms with E-state index in [9.17, 15) is 4.39 Å². The van der Waals surface area contributed by atoms with Crippen molar-refractivity contribution in [3.63, 3.8) is 0 Å². The molecule has 0 aliphatic carbocycles. The molecule has 0 radical (unpaired) electrons. The molecule has 0 spiro atoms. The minimum absolute atomic E-state index is 0.250. The Bertz CT molecular complexity index is 405. The first kappa shape index (κ1) is 7.98. The topological polar surface area (TPSA) is 26.0 Å². The molecule has 13 heavy (non-hydrogen) atoms. The highest BCUT2D eigenvalue weighted by molar-refractivity contribution is 5.55. The predicted octanol–water partition coefficient (Wildman–Crippen LogP) is 2.79. The Balaban J connectivity index is 2.41. The Morgan fingerprint density at radius 1 is 1.23 bits per heavy atom. The lowest BCUT2D eigenvalue weighted by molar-refractivity contribution is 0.534. The van der Waals surface area contributed by atoms with E-state index in [4.69, 9.17) is 4.42 Å². The molecule has 2 nitrogen and oxygen atoms in total. The molecule has 0 saturated heterocycles. The lowest BCUT2D eigenvalue weighted by Gasteiger charge is -1.94. The lowest BCUT2D eigenvalue weighted by atomic mass is 10.2. The van der Waals surface area contributed by atoms with Crippen LogP contribution in [0.15, 0.2) is 34.9 Å². The van der Waals surface area contributed by atoms with Gasteiger partial charge in [-0.05, 0) is 24.3 Å². The third-order valence-electron chi connectivity index (χ3n) is 1.75. The van der Waals surface area contributed by atoms with E-state index in [1.165, 1.54) is 12.1 Å². The maximum absolute atomic E-state index is 12.6. The molecule has 0 amide bonds. The maximum atomic E-state index is 12.6. The van der Waals surface area contributed by atoms with Gasteiger partial charge in [-0.1, -0.05) is 0 Å². The van der Waals surface area contributed by atoms with E-state index in [1.54, 1.807) is 25.3 Å². The van der Waals surface area contributed by atoms with Crippen LogP contribution in [-0.2, 0) is 0 Å². The van der Waals surface area contributed by atoms with Crippen LogP contribution in [0.2, 0.25) is 0 Å². The van der Waals surface area contributed by atoms with Crippen LogP contribution in [0.25, 0.3) is 11.3 Å². The van der Waals surface area contributed by atoms with Gasteiger partial charge >= 0.3 is 0 Å². The number of aryl methyl sites for hydroxylation is 1. The molecule has 66 valence electrons. The summed E-state index contributed by atoms with van der Waals surface area (Å²) in [5, 5.41) is 0. The molecular formula is C10H8FNO.